The van der Waals surface area contributed by atoms with Crippen LogP contribution in [0, 0.1) is 18.5 Å². The molecule has 4 aromatic carbocycles. The van der Waals surface area contributed by atoms with Gasteiger partial charge in [-0.3, -0.25) is 0 Å². The minimum absolute atomic E-state index is 0.373. The summed E-state index contributed by atoms with van der Waals surface area (Å²) in [4.78, 5) is 4.32. The van der Waals surface area contributed by atoms with Crippen molar-refractivity contribution in [1.82, 2.24) is 0 Å². The predicted molar refractivity (Wildman–Crippen MR) is 171 cm³/mol. The number of nitriles is 1. The van der Waals surface area contributed by atoms with Crippen LogP contribution in [0.2, 0.25) is 20.1 Å². The fourth-order valence-corrected chi connectivity index (χ4v) is 4.13. The number of hydrogen-bond acceptors (Lipinski definition) is 3. The van der Waals surface area contributed by atoms with Crippen LogP contribution >= 0.6 is 91.6 Å². The summed E-state index contributed by atoms with van der Waals surface area (Å²) in [7, 11) is 0. The summed E-state index contributed by atoms with van der Waals surface area (Å²) >= 11 is 27.6. The second-order valence-corrected chi connectivity index (χ2v) is 11.1. The van der Waals surface area contributed by atoms with E-state index < -0.39 is 0 Å². The molecule has 0 amide bonds. The maximum absolute atomic E-state index is 8.43. The summed E-state index contributed by atoms with van der Waals surface area (Å²) < 4.78 is 2.37. The Morgan fingerprint density at radius 3 is 1.69 bits per heavy atom. The van der Waals surface area contributed by atoms with E-state index in [4.69, 9.17) is 63.1 Å². The average Bonchev–Trinajstić information content (AvgIpc) is 2.83. The molecule has 0 fully saturated rings. The van der Waals surface area contributed by atoms with Gasteiger partial charge in [-0.1, -0.05) is 46.4 Å². The summed E-state index contributed by atoms with van der Waals surface area (Å²) in [5.74, 6) is 0.373. The first-order valence-electron chi connectivity index (χ1n) is 10.0. The van der Waals surface area contributed by atoms with Crippen molar-refractivity contribution in [2.45, 2.75) is 0 Å². The normalized spacial score (nSPS) is 10.3. The van der Waals surface area contributed by atoms with Gasteiger partial charge in [0.25, 0.3) is 0 Å². The molecule has 4 aromatic rings. The van der Waals surface area contributed by atoms with Crippen molar-refractivity contribution in [2.24, 2.45) is 10.7 Å². The molecule has 0 saturated heterocycles. The van der Waals surface area contributed by atoms with Gasteiger partial charge < -0.3 is 11.5 Å². The van der Waals surface area contributed by atoms with Crippen molar-refractivity contribution in [3.8, 4) is 6.07 Å². The van der Waals surface area contributed by atoms with Gasteiger partial charge in [-0.05, 0) is 130 Å². The molecule has 0 bridgehead atoms. The highest BCUT2D eigenvalue weighted by Gasteiger charge is 2.05. The Balaban J connectivity index is 0.000000213. The van der Waals surface area contributed by atoms with E-state index in [1.54, 1.807) is 36.4 Å². The Kier molecular flexibility index (Phi) is 13.1. The van der Waals surface area contributed by atoms with Gasteiger partial charge in [0.05, 0.1) is 21.3 Å². The number of anilines is 1. The summed E-state index contributed by atoms with van der Waals surface area (Å²) in [5, 5.41) is 10.4. The molecule has 0 unspecified atom stereocenters. The van der Waals surface area contributed by atoms with Crippen LogP contribution in [0.15, 0.2) is 89.9 Å². The number of rotatable bonds is 2. The number of hydrogen-bond donors (Lipinski definition) is 2. The van der Waals surface area contributed by atoms with Gasteiger partial charge in [-0.15, -0.1) is 0 Å². The van der Waals surface area contributed by atoms with E-state index in [2.05, 4.69) is 50.2 Å². The summed E-state index contributed by atoms with van der Waals surface area (Å²) in [5.41, 5.74) is 14.1. The monoisotopic (exact) mass is 780 g/mol. The lowest BCUT2D eigenvalue weighted by molar-refractivity contribution is 1.44. The zero-order valence-corrected chi connectivity index (χ0v) is 25.7. The Bertz CT molecular complexity index is 1350. The molecule has 0 atom stereocenters. The number of aliphatic imine (C=N–C) groups is 1. The maximum Gasteiger partial charge on any atom is 0.132 e. The first kappa shape index (κ1) is 30.5. The third-order valence-corrected chi connectivity index (χ3v) is 6.74. The average molecular weight is 782 g/mol. The van der Waals surface area contributed by atoms with E-state index in [0.717, 1.165) is 14.9 Å². The number of amidine groups is 1. The summed E-state index contributed by atoms with van der Waals surface area (Å²) in [6.07, 6.45) is 0. The molecule has 184 valence electrons. The third kappa shape index (κ3) is 10.7. The fraction of sp³-hybridized carbons (Fsp3) is 0. The van der Waals surface area contributed by atoms with E-state index in [1.165, 1.54) is 3.57 Å². The van der Waals surface area contributed by atoms with Crippen molar-refractivity contribution >= 4 is 109 Å². The van der Waals surface area contributed by atoms with Gasteiger partial charge in [-0.2, -0.15) is 5.26 Å². The number of nitrogens with two attached hydrogens (primary N) is 2. The lowest BCUT2D eigenvalue weighted by Gasteiger charge is -2.04. The van der Waals surface area contributed by atoms with Crippen LogP contribution < -0.4 is 11.5 Å². The van der Waals surface area contributed by atoms with Gasteiger partial charge in [0.2, 0.25) is 0 Å². The van der Waals surface area contributed by atoms with Crippen molar-refractivity contribution in [3.05, 3.63) is 123 Å². The van der Waals surface area contributed by atoms with E-state index in [-0.39, 0.29) is 0 Å². The van der Waals surface area contributed by atoms with Crippen LogP contribution in [0.1, 0.15) is 11.1 Å². The van der Waals surface area contributed by atoms with E-state index in [1.807, 2.05) is 54.6 Å². The van der Waals surface area contributed by atoms with E-state index in [0.29, 0.717) is 37.1 Å². The Hall–Kier alpha value is -1.74. The minimum atomic E-state index is 0.373. The molecule has 10 heteroatoms. The van der Waals surface area contributed by atoms with E-state index >= 15 is 0 Å². The van der Waals surface area contributed by atoms with Gasteiger partial charge in [0.15, 0.2) is 0 Å². The molecule has 0 aliphatic heterocycles. The highest BCUT2D eigenvalue weighted by molar-refractivity contribution is 14.1. The third-order valence-electron chi connectivity index (χ3n) is 4.20. The molecule has 0 radical (unpaired) electrons. The van der Waals surface area contributed by atoms with Crippen molar-refractivity contribution in [1.29, 1.82) is 5.26 Å². The number of nitrogen functional groups attached to an aromatic ring is 1. The molecule has 4 N–H and O–H groups in total. The molecule has 0 heterocycles. The zero-order chi connectivity index (χ0) is 26.7. The lowest BCUT2D eigenvalue weighted by Crippen LogP contribution is -2.13. The van der Waals surface area contributed by atoms with Crippen LogP contribution in [0.25, 0.3) is 0 Å². The topological polar surface area (TPSA) is 88.2 Å². The minimum Gasteiger partial charge on any atom is -0.399 e. The fourth-order valence-electron chi connectivity index (χ4n) is 2.46. The van der Waals surface area contributed by atoms with Crippen LogP contribution in [0.5, 0.6) is 0 Å². The molecule has 4 rings (SSSR count). The van der Waals surface area contributed by atoms with Crippen LogP contribution in [0.4, 0.5) is 11.4 Å². The second kappa shape index (κ2) is 15.5. The summed E-state index contributed by atoms with van der Waals surface area (Å²) in [6.45, 7) is 0. The van der Waals surface area contributed by atoms with Gasteiger partial charge in [-0.25, -0.2) is 4.99 Å². The molecule has 0 saturated carbocycles. The van der Waals surface area contributed by atoms with Crippen LogP contribution in [0.3, 0.4) is 0 Å². The van der Waals surface area contributed by atoms with Crippen molar-refractivity contribution in [3.63, 3.8) is 0 Å². The number of benzene rings is 4. The summed E-state index contributed by atoms with van der Waals surface area (Å²) in [6, 6.07) is 27.3. The SMILES string of the molecule is N#Cc1ccc(Cl)cc1Cl.NC(=Nc1ccc(I)cc1)c1ccc(Cl)cc1Cl.Nc1ccc(I)cc1. The Morgan fingerprint density at radius 1 is 0.722 bits per heavy atom. The molecule has 36 heavy (non-hydrogen) atoms. The van der Waals surface area contributed by atoms with Crippen LogP contribution in [-0.2, 0) is 0 Å². The molecule has 0 aromatic heterocycles. The van der Waals surface area contributed by atoms with Crippen molar-refractivity contribution < 1.29 is 0 Å². The highest BCUT2D eigenvalue weighted by atomic mass is 127. The quantitative estimate of drug-likeness (QED) is 0.0920. The Morgan fingerprint density at radius 2 is 1.22 bits per heavy atom. The van der Waals surface area contributed by atoms with Crippen molar-refractivity contribution in [2.75, 3.05) is 5.73 Å². The van der Waals surface area contributed by atoms with E-state index in [9.17, 15) is 0 Å². The number of nitrogens with zero attached hydrogens (tertiary/aromatic N) is 2. The first-order valence-corrected chi connectivity index (χ1v) is 13.7. The second-order valence-electron chi connectivity index (χ2n) is 6.89. The molecular weight excluding hydrogens is 764 g/mol. The maximum atomic E-state index is 8.43. The molecule has 4 nitrogen and oxygen atoms in total. The molecule has 0 spiro atoms. The standard InChI is InChI=1S/C13H9Cl2IN2.C7H3Cl2N.C6H6IN/c14-8-1-6-11(12(15)7-8)13(17)18-10-4-2-9(16)3-5-10;8-6-2-1-5(4-10)7(9)3-6;7-5-1-3-6(8)4-2-5/h1-7H,(H2,17,18);1-3H;1-4H,8H2. The first-order chi connectivity index (χ1) is 17.1. The highest BCUT2D eigenvalue weighted by Crippen LogP contribution is 2.23. The zero-order valence-electron chi connectivity index (χ0n) is 18.4. The van der Waals surface area contributed by atoms with Gasteiger partial charge in [0.1, 0.15) is 11.9 Å². The van der Waals surface area contributed by atoms with Crippen LogP contribution in [-0.4, -0.2) is 5.84 Å². The Labute approximate surface area is 257 Å². The number of halogens is 6. The molecule has 0 aliphatic carbocycles. The van der Waals surface area contributed by atoms with Gasteiger partial charge >= 0.3 is 0 Å². The largest absolute Gasteiger partial charge is 0.399 e. The smallest absolute Gasteiger partial charge is 0.132 e. The molecular formula is C26H18Cl4I2N4. The lowest BCUT2D eigenvalue weighted by atomic mass is 10.2. The molecule has 0 aliphatic rings. The predicted octanol–water partition coefficient (Wildman–Crippen LogP) is 9.37. The van der Waals surface area contributed by atoms with Gasteiger partial charge in [0, 0.05) is 28.4 Å².